The van der Waals surface area contributed by atoms with Crippen LogP contribution in [0.25, 0.3) is 11.5 Å². The number of aryl methyl sites for hydroxylation is 1. The molecule has 6 nitrogen and oxygen atoms in total. The molecule has 2 fully saturated rings. The zero-order valence-electron chi connectivity index (χ0n) is 14.3. The van der Waals surface area contributed by atoms with E-state index in [0.717, 1.165) is 37.1 Å². The van der Waals surface area contributed by atoms with Gasteiger partial charge in [0.25, 0.3) is 5.91 Å². The third-order valence-corrected chi connectivity index (χ3v) is 5.49. The van der Waals surface area contributed by atoms with Crippen molar-refractivity contribution < 1.29 is 9.21 Å². The van der Waals surface area contributed by atoms with Crippen LogP contribution in [0.3, 0.4) is 0 Å². The maximum Gasteiger partial charge on any atom is 0.272 e. The lowest BCUT2D eigenvalue weighted by Crippen LogP contribution is -2.53. The Morgan fingerprint density at radius 2 is 2.04 bits per heavy atom. The molecule has 2 aliphatic rings. The highest BCUT2D eigenvalue weighted by Crippen LogP contribution is 2.39. The van der Waals surface area contributed by atoms with Crippen LogP contribution in [0.15, 0.2) is 22.6 Å². The molecule has 1 amide bonds. The van der Waals surface area contributed by atoms with Crippen LogP contribution in [0.4, 0.5) is 0 Å². The molecule has 2 unspecified atom stereocenters. The maximum absolute atomic E-state index is 12.6. The lowest BCUT2D eigenvalue weighted by molar-refractivity contribution is 0.0751. The SMILES string of the molecule is Cc1ccc(-c2cc(C(=O)NC3C4CCCC3CC(N)C4)n[nH]2)o1.Cl. The van der Waals surface area contributed by atoms with E-state index in [1.807, 2.05) is 19.1 Å². The Morgan fingerprint density at radius 1 is 1.32 bits per heavy atom. The van der Waals surface area contributed by atoms with Gasteiger partial charge in [-0.15, -0.1) is 12.4 Å². The molecule has 25 heavy (non-hydrogen) atoms. The number of amides is 1. The van der Waals surface area contributed by atoms with Crippen LogP contribution in [0.1, 0.15) is 48.4 Å². The van der Waals surface area contributed by atoms with Crippen molar-refractivity contribution in [3.63, 3.8) is 0 Å². The van der Waals surface area contributed by atoms with Gasteiger partial charge in [-0.2, -0.15) is 5.10 Å². The molecule has 0 aromatic carbocycles. The van der Waals surface area contributed by atoms with Gasteiger partial charge in [0.1, 0.15) is 11.5 Å². The molecular weight excluding hydrogens is 340 g/mol. The number of nitrogens with two attached hydrogens (primary N) is 1. The van der Waals surface area contributed by atoms with Crippen molar-refractivity contribution in [3.8, 4) is 11.5 Å². The number of aromatic amines is 1. The predicted octanol–water partition coefficient (Wildman–Crippen LogP) is 3.04. The fraction of sp³-hybridized carbons (Fsp3) is 0.556. The minimum atomic E-state index is -0.113. The first-order valence-electron chi connectivity index (χ1n) is 8.79. The number of rotatable bonds is 3. The molecule has 2 heterocycles. The number of halogens is 1. The lowest BCUT2D eigenvalue weighted by Gasteiger charge is -2.45. The van der Waals surface area contributed by atoms with Gasteiger partial charge in [0.2, 0.25) is 0 Å². The molecular formula is C18H25ClN4O2. The van der Waals surface area contributed by atoms with Gasteiger partial charge >= 0.3 is 0 Å². The summed E-state index contributed by atoms with van der Waals surface area (Å²) in [6.45, 7) is 1.89. The van der Waals surface area contributed by atoms with Gasteiger partial charge in [0.15, 0.2) is 11.5 Å². The van der Waals surface area contributed by atoms with E-state index < -0.39 is 0 Å². The van der Waals surface area contributed by atoms with Crippen LogP contribution < -0.4 is 11.1 Å². The second-order valence-corrected chi connectivity index (χ2v) is 7.26. The van der Waals surface area contributed by atoms with Crippen LogP contribution in [-0.4, -0.2) is 28.2 Å². The molecule has 136 valence electrons. The smallest absolute Gasteiger partial charge is 0.272 e. The third kappa shape index (κ3) is 3.60. The van der Waals surface area contributed by atoms with E-state index in [1.54, 1.807) is 6.07 Å². The summed E-state index contributed by atoms with van der Waals surface area (Å²) in [5.74, 6) is 2.42. The van der Waals surface area contributed by atoms with E-state index in [2.05, 4.69) is 15.5 Å². The summed E-state index contributed by atoms with van der Waals surface area (Å²) >= 11 is 0. The number of H-pyrrole nitrogens is 1. The first-order chi connectivity index (χ1) is 11.6. The fourth-order valence-corrected chi connectivity index (χ4v) is 4.39. The number of hydrogen-bond donors (Lipinski definition) is 3. The van der Waals surface area contributed by atoms with Crippen molar-refractivity contribution in [2.24, 2.45) is 17.6 Å². The molecule has 2 saturated carbocycles. The van der Waals surface area contributed by atoms with Gasteiger partial charge in [-0.05, 0) is 56.6 Å². The molecule has 2 aromatic rings. The Labute approximate surface area is 153 Å². The average Bonchev–Trinajstić information content (AvgIpc) is 3.17. The molecule has 2 bridgehead atoms. The van der Waals surface area contributed by atoms with Crippen molar-refractivity contribution in [1.29, 1.82) is 0 Å². The van der Waals surface area contributed by atoms with E-state index in [-0.39, 0.29) is 30.4 Å². The minimum Gasteiger partial charge on any atom is -0.460 e. The van der Waals surface area contributed by atoms with E-state index in [4.69, 9.17) is 10.2 Å². The number of carbonyl (C=O) groups excluding carboxylic acids is 1. The molecule has 0 spiro atoms. The van der Waals surface area contributed by atoms with E-state index in [9.17, 15) is 4.79 Å². The molecule has 7 heteroatoms. The molecule has 4 rings (SSSR count). The average molecular weight is 365 g/mol. The molecule has 2 atom stereocenters. The molecule has 0 saturated heterocycles. The molecule has 4 N–H and O–H groups in total. The maximum atomic E-state index is 12.6. The molecule has 2 aliphatic carbocycles. The van der Waals surface area contributed by atoms with Crippen LogP contribution in [0.5, 0.6) is 0 Å². The highest BCUT2D eigenvalue weighted by Gasteiger charge is 2.40. The van der Waals surface area contributed by atoms with E-state index >= 15 is 0 Å². The first kappa shape index (κ1) is 18.0. The van der Waals surface area contributed by atoms with Crippen molar-refractivity contribution in [1.82, 2.24) is 15.5 Å². The summed E-state index contributed by atoms with van der Waals surface area (Å²) in [6.07, 6.45) is 5.59. The number of carbonyl (C=O) groups is 1. The Kier molecular flexibility index (Phi) is 5.20. The summed E-state index contributed by atoms with van der Waals surface area (Å²) in [5, 5.41) is 10.3. The molecule has 2 aromatic heterocycles. The summed E-state index contributed by atoms with van der Waals surface area (Å²) in [5.41, 5.74) is 7.29. The second kappa shape index (κ2) is 7.22. The number of aromatic nitrogens is 2. The zero-order chi connectivity index (χ0) is 16.7. The normalized spacial score (nSPS) is 28.2. The van der Waals surface area contributed by atoms with Crippen LogP contribution in [-0.2, 0) is 0 Å². The molecule has 0 aliphatic heterocycles. The first-order valence-corrected chi connectivity index (χ1v) is 8.79. The third-order valence-electron chi connectivity index (χ3n) is 5.49. The van der Waals surface area contributed by atoms with E-state index in [0.29, 0.717) is 23.3 Å². The van der Waals surface area contributed by atoms with Gasteiger partial charge in [-0.3, -0.25) is 9.89 Å². The topological polar surface area (TPSA) is 96.9 Å². The summed E-state index contributed by atoms with van der Waals surface area (Å²) in [4.78, 5) is 12.6. The van der Waals surface area contributed by atoms with Crippen LogP contribution in [0, 0.1) is 18.8 Å². The number of nitrogens with one attached hydrogen (secondary N) is 2. The Hall–Kier alpha value is -1.79. The number of fused-ring (bicyclic) bond motifs is 2. The van der Waals surface area contributed by atoms with Crippen LogP contribution in [0.2, 0.25) is 0 Å². The number of nitrogens with zero attached hydrogens (tertiary/aromatic N) is 1. The van der Waals surface area contributed by atoms with Gasteiger partial charge in [-0.25, -0.2) is 0 Å². The summed E-state index contributed by atoms with van der Waals surface area (Å²) in [7, 11) is 0. The fourth-order valence-electron chi connectivity index (χ4n) is 4.39. The van der Waals surface area contributed by atoms with E-state index in [1.165, 1.54) is 6.42 Å². The van der Waals surface area contributed by atoms with Crippen molar-refractivity contribution in [2.75, 3.05) is 0 Å². The predicted molar refractivity (Wildman–Crippen MR) is 97.6 cm³/mol. The van der Waals surface area contributed by atoms with Crippen molar-refractivity contribution in [2.45, 2.75) is 51.1 Å². The monoisotopic (exact) mass is 364 g/mol. The Morgan fingerprint density at radius 3 is 2.68 bits per heavy atom. The lowest BCUT2D eigenvalue weighted by atomic mass is 9.67. The number of hydrogen-bond acceptors (Lipinski definition) is 4. The minimum absolute atomic E-state index is 0. The summed E-state index contributed by atoms with van der Waals surface area (Å²) in [6, 6.07) is 6.03. The Balaban J connectivity index is 0.00000182. The second-order valence-electron chi connectivity index (χ2n) is 7.26. The van der Waals surface area contributed by atoms with Gasteiger partial charge in [-0.1, -0.05) is 6.42 Å². The summed E-state index contributed by atoms with van der Waals surface area (Å²) < 4.78 is 5.57. The van der Waals surface area contributed by atoms with Gasteiger partial charge < -0.3 is 15.5 Å². The van der Waals surface area contributed by atoms with Crippen molar-refractivity contribution in [3.05, 3.63) is 29.7 Å². The largest absolute Gasteiger partial charge is 0.460 e. The standard InChI is InChI=1S/C18H24N4O2.ClH/c1-10-5-6-16(24-10)14-9-15(22-21-14)18(23)20-17-11-3-2-4-12(17)8-13(19)7-11;/h5-6,9,11-13,17H,2-4,7-8,19H2,1H3,(H,20,23)(H,21,22);1H. The molecule has 0 radical (unpaired) electrons. The van der Waals surface area contributed by atoms with Crippen molar-refractivity contribution >= 4 is 18.3 Å². The zero-order valence-corrected chi connectivity index (χ0v) is 15.1. The number of furan rings is 1. The highest BCUT2D eigenvalue weighted by molar-refractivity contribution is 5.93. The Bertz CT molecular complexity index is 727. The highest BCUT2D eigenvalue weighted by atomic mass is 35.5. The van der Waals surface area contributed by atoms with Crippen LogP contribution >= 0.6 is 12.4 Å². The van der Waals surface area contributed by atoms with Gasteiger partial charge in [0.05, 0.1) is 0 Å². The quantitative estimate of drug-likeness (QED) is 0.779. The van der Waals surface area contributed by atoms with Gasteiger partial charge in [0, 0.05) is 18.2 Å².